The Hall–Kier alpha value is -1.28. The van der Waals surface area contributed by atoms with Crippen LogP contribution in [-0.2, 0) is 13.0 Å². The number of aromatic nitrogens is 1. The highest BCUT2D eigenvalue weighted by Crippen LogP contribution is 2.25. The number of nitrogens with zero attached hydrogens (tertiary/aromatic N) is 1. The smallest absolute Gasteiger partial charge is 0.0553 e. The summed E-state index contributed by atoms with van der Waals surface area (Å²) in [6.07, 6.45) is 2.62. The summed E-state index contributed by atoms with van der Waals surface area (Å²) < 4.78 is 2.27. The van der Waals surface area contributed by atoms with Gasteiger partial charge in [0.2, 0.25) is 0 Å². The Balaban J connectivity index is 2.63. The molecule has 0 saturated heterocycles. The molecule has 1 aromatic heterocycles. The first kappa shape index (κ1) is 11.2. The molecule has 0 aliphatic rings. The highest BCUT2D eigenvalue weighted by Gasteiger charge is 2.10. The van der Waals surface area contributed by atoms with E-state index in [9.17, 15) is 5.11 Å². The Kier molecular flexibility index (Phi) is 3.01. The van der Waals surface area contributed by atoms with Crippen molar-refractivity contribution in [1.82, 2.24) is 4.57 Å². The topological polar surface area (TPSA) is 25.2 Å². The molecule has 1 atom stereocenters. The number of aliphatic hydroxyl groups excluding tert-OH is 1. The van der Waals surface area contributed by atoms with Gasteiger partial charge in [-0.05, 0) is 31.9 Å². The highest BCUT2D eigenvalue weighted by atomic mass is 16.3. The van der Waals surface area contributed by atoms with Crippen LogP contribution in [0.25, 0.3) is 10.9 Å². The van der Waals surface area contributed by atoms with Crippen LogP contribution in [0.4, 0.5) is 0 Å². The van der Waals surface area contributed by atoms with Crippen LogP contribution in [0.15, 0.2) is 24.4 Å². The van der Waals surface area contributed by atoms with E-state index in [-0.39, 0.29) is 6.10 Å². The fraction of sp³-hybridized carbons (Fsp3) is 0.429. The molecule has 0 bridgehead atoms. The minimum atomic E-state index is -0.281. The Morgan fingerprint density at radius 1 is 1.38 bits per heavy atom. The van der Waals surface area contributed by atoms with Crippen molar-refractivity contribution in [1.29, 1.82) is 0 Å². The number of benzene rings is 1. The van der Waals surface area contributed by atoms with E-state index in [4.69, 9.17) is 0 Å². The zero-order valence-corrected chi connectivity index (χ0v) is 10.2. The van der Waals surface area contributed by atoms with Gasteiger partial charge in [-0.1, -0.05) is 18.2 Å². The molecule has 0 fully saturated rings. The van der Waals surface area contributed by atoms with Gasteiger partial charge in [0.25, 0.3) is 0 Å². The number of hydrogen-bond acceptors (Lipinski definition) is 1. The lowest BCUT2D eigenvalue weighted by atomic mass is 10.1. The number of para-hydroxylation sites is 1. The molecule has 86 valence electrons. The summed E-state index contributed by atoms with van der Waals surface area (Å²) in [7, 11) is 0. The molecule has 16 heavy (non-hydrogen) atoms. The summed E-state index contributed by atoms with van der Waals surface area (Å²) in [6.45, 7) is 7.10. The highest BCUT2D eigenvalue weighted by molar-refractivity contribution is 5.86. The predicted octanol–water partition coefficient (Wildman–Crippen LogP) is 2.89. The molecule has 0 saturated carbocycles. The second-order valence-electron chi connectivity index (χ2n) is 4.46. The predicted molar refractivity (Wildman–Crippen MR) is 67.7 cm³/mol. The fourth-order valence-corrected chi connectivity index (χ4v) is 2.35. The van der Waals surface area contributed by atoms with Crippen molar-refractivity contribution in [2.24, 2.45) is 0 Å². The molecule has 0 aliphatic carbocycles. The molecule has 2 heteroatoms. The summed E-state index contributed by atoms with van der Waals surface area (Å²) in [5.41, 5.74) is 3.85. The lowest BCUT2D eigenvalue weighted by Crippen LogP contribution is -2.03. The maximum atomic E-state index is 9.51. The second-order valence-corrected chi connectivity index (χ2v) is 4.46. The van der Waals surface area contributed by atoms with E-state index in [2.05, 4.69) is 42.8 Å². The molecule has 1 N–H and O–H groups in total. The lowest BCUT2D eigenvalue weighted by molar-refractivity contribution is 0.196. The van der Waals surface area contributed by atoms with Crippen molar-refractivity contribution in [3.05, 3.63) is 35.5 Å². The molecule has 2 aromatic rings. The summed E-state index contributed by atoms with van der Waals surface area (Å²) in [4.78, 5) is 0. The Bertz CT molecular complexity index is 497. The molecule has 0 radical (unpaired) electrons. The third-order valence-electron chi connectivity index (χ3n) is 3.04. The molecule has 2 rings (SSSR count). The van der Waals surface area contributed by atoms with Crippen molar-refractivity contribution in [2.75, 3.05) is 0 Å². The van der Waals surface area contributed by atoms with Gasteiger partial charge in [-0.25, -0.2) is 0 Å². The second kappa shape index (κ2) is 4.30. The van der Waals surface area contributed by atoms with E-state index in [1.165, 1.54) is 22.0 Å². The number of rotatable bonds is 3. The van der Waals surface area contributed by atoms with Gasteiger partial charge in [-0.2, -0.15) is 0 Å². The van der Waals surface area contributed by atoms with E-state index in [1.54, 1.807) is 0 Å². The minimum absolute atomic E-state index is 0.281. The number of hydrogen-bond donors (Lipinski definition) is 1. The lowest BCUT2D eigenvalue weighted by Gasteiger charge is -2.03. The van der Waals surface area contributed by atoms with Crippen LogP contribution in [-0.4, -0.2) is 15.8 Å². The van der Waals surface area contributed by atoms with Crippen LogP contribution >= 0.6 is 0 Å². The summed E-state index contributed by atoms with van der Waals surface area (Å²) >= 11 is 0. The van der Waals surface area contributed by atoms with E-state index in [1.807, 2.05) is 6.92 Å². The first-order valence-electron chi connectivity index (χ1n) is 5.89. The Labute approximate surface area is 96.5 Å². The van der Waals surface area contributed by atoms with Crippen molar-refractivity contribution >= 4 is 10.9 Å². The molecule has 1 heterocycles. The average molecular weight is 217 g/mol. The quantitative estimate of drug-likeness (QED) is 0.840. The molecule has 0 aliphatic heterocycles. The maximum Gasteiger partial charge on any atom is 0.0553 e. The summed E-state index contributed by atoms with van der Waals surface area (Å²) in [5.74, 6) is 0. The van der Waals surface area contributed by atoms with Crippen molar-refractivity contribution < 1.29 is 5.11 Å². The first-order valence-corrected chi connectivity index (χ1v) is 5.89. The monoisotopic (exact) mass is 217 g/mol. The summed E-state index contributed by atoms with van der Waals surface area (Å²) in [5, 5.41) is 10.8. The van der Waals surface area contributed by atoms with Gasteiger partial charge in [0.05, 0.1) is 11.6 Å². The van der Waals surface area contributed by atoms with Crippen LogP contribution < -0.4 is 0 Å². The van der Waals surface area contributed by atoms with E-state index >= 15 is 0 Å². The van der Waals surface area contributed by atoms with Crippen LogP contribution in [0.3, 0.4) is 0 Å². The molecule has 2 nitrogen and oxygen atoms in total. The van der Waals surface area contributed by atoms with Crippen LogP contribution in [0.2, 0.25) is 0 Å². The van der Waals surface area contributed by atoms with E-state index < -0.39 is 0 Å². The average Bonchev–Trinajstić information content (AvgIpc) is 2.57. The van der Waals surface area contributed by atoms with Crippen LogP contribution in [0.1, 0.15) is 25.0 Å². The molecule has 1 aromatic carbocycles. The molecule has 0 spiro atoms. The third kappa shape index (κ3) is 1.85. The number of fused-ring (bicyclic) bond motifs is 1. The standard InChI is InChI=1S/C14H19NO/c1-4-15-9-12(8-11(3)16)13-7-5-6-10(2)14(13)15/h5-7,9,11,16H,4,8H2,1-3H3. The maximum absolute atomic E-state index is 9.51. The first-order chi connectivity index (χ1) is 7.63. The van der Waals surface area contributed by atoms with Crippen molar-refractivity contribution in [2.45, 2.75) is 39.8 Å². The summed E-state index contributed by atoms with van der Waals surface area (Å²) in [6, 6.07) is 6.37. The van der Waals surface area contributed by atoms with E-state index in [0.717, 1.165) is 13.0 Å². The van der Waals surface area contributed by atoms with Gasteiger partial charge in [0.15, 0.2) is 0 Å². The third-order valence-corrected chi connectivity index (χ3v) is 3.04. The molecule has 1 unspecified atom stereocenters. The molecule has 0 amide bonds. The van der Waals surface area contributed by atoms with Crippen LogP contribution in [0, 0.1) is 6.92 Å². The SMILES string of the molecule is CCn1cc(CC(C)O)c2cccc(C)c21. The van der Waals surface area contributed by atoms with Gasteiger partial charge in [-0.3, -0.25) is 0 Å². The van der Waals surface area contributed by atoms with Gasteiger partial charge in [0, 0.05) is 24.5 Å². The zero-order chi connectivity index (χ0) is 11.7. The molecular formula is C14H19NO. The largest absolute Gasteiger partial charge is 0.393 e. The van der Waals surface area contributed by atoms with Gasteiger partial charge >= 0.3 is 0 Å². The van der Waals surface area contributed by atoms with E-state index in [0.29, 0.717) is 0 Å². The normalized spacial score (nSPS) is 13.2. The minimum Gasteiger partial charge on any atom is -0.393 e. The van der Waals surface area contributed by atoms with Gasteiger partial charge < -0.3 is 9.67 Å². The van der Waals surface area contributed by atoms with Crippen molar-refractivity contribution in [3.8, 4) is 0 Å². The fourth-order valence-electron chi connectivity index (χ4n) is 2.35. The van der Waals surface area contributed by atoms with Gasteiger partial charge in [0.1, 0.15) is 0 Å². The number of aliphatic hydroxyl groups is 1. The van der Waals surface area contributed by atoms with Crippen LogP contribution in [0.5, 0.6) is 0 Å². The Morgan fingerprint density at radius 2 is 2.12 bits per heavy atom. The number of aryl methyl sites for hydroxylation is 2. The van der Waals surface area contributed by atoms with Gasteiger partial charge in [-0.15, -0.1) is 0 Å². The van der Waals surface area contributed by atoms with Crippen molar-refractivity contribution in [3.63, 3.8) is 0 Å². The Morgan fingerprint density at radius 3 is 2.75 bits per heavy atom. The zero-order valence-electron chi connectivity index (χ0n) is 10.2. The molecular weight excluding hydrogens is 198 g/mol.